The first-order valence-corrected chi connectivity index (χ1v) is 11.5. The highest BCUT2D eigenvalue weighted by Crippen LogP contribution is 2.25. The molecule has 160 valence electrons. The molecule has 1 aromatic heterocycles. The Hall–Kier alpha value is -2.25. The zero-order chi connectivity index (χ0) is 21.1. The van der Waals surface area contributed by atoms with Crippen molar-refractivity contribution in [2.24, 2.45) is 0 Å². The van der Waals surface area contributed by atoms with Crippen molar-refractivity contribution in [3.8, 4) is 0 Å². The van der Waals surface area contributed by atoms with Gasteiger partial charge in [-0.05, 0) is 55.3 Å². The number of carbonyl (C=O) groups is 2. The van der Waals surface area contributed by atoms with Crippen molar-refractivity contribution in [2.45, 2.75) is 44.8 Å². The van der Waals surface area contributed by atoms with Gasteiger partial charge in [0.05, 0.1) is 4.88 Å². The number of nitrogens with zero attached hydrogens (tertiary/aromatic N) is 3. The molecule has 30 heavy (non-hydrogen) atoms. The highest BCUT2D eigenvalue weighted by molar-refractivity contribution is 7.12. The van der Waals surface area contributed by atoms with Crippen molar-refractivity contribution in [1.29, 1.82) is 0 Å². The Morgan fingerprint density at radius 2 is 1.87 bits per heavy atom. The Morgan fingerprint density at radius 1 is 1.07 bits per heavy atom. The van der Waals surface area contributed by atoms with Crippen molar-refractivity contribution in [3.05, 3.63) is 58.0 Å². The number of benzene rings is 1. The van der Waals surface area contributed by atoms with Crippen LogP contribution in [0.3, 0.4) is 0 Å². The molecule has 2 aliphatic rings. The van der Waals surface area contributed by atoms with E-state index in [-0.39, 0.29) is 29.7 Å². The van der Waals surface area contributed by atoms with Gasteiger partial charge in [0.1, 0.15) is 11.9 Å². The Bertz CT molecular complexity index is 871. The molecule has 2 aliphatic heterocycles. The van der Waals surface area contributed by atoms with Crippen LogP contribution in [0.25, 0.3) is 0 Å². The van der Waals surface area contributed by atoms with Gasteiger partial charge in [0.15, 0.2) is 0 Å². The average Bonchev–Trinajstić information content (AvgIpc) is 3.29. The molecule has 0 saturated carbocycles. The second kappa shape index (κ2) is 9.27. The van der Waals surface area contributed by atoms with Crippen LogP contribution in [0.1, 0.15) is 41.4 Å². The van der Waals surface area contributed by atoms with Crippen LogP contribution in [0.4, 0.5) is 4.39 Å². The topological polar surface area (TPSA) is 43.9 Å². The van der Waals surface area contributed by atoms with E-state index in [0.29, 0.717) is 18.0 Å². The third kappa shape index (κ3) is 4.57. The molecular weight excluding hydrogens is 401 g/mol. The Kier molecular flexibility index (Phi) is 6.49. The van der Waals surface area contributed by atoms with E-state index in [1.54, 1.807) is 4.90 Å². The van der Waals surface area contributed by atoms with Gasteiger partial charge >= 0.3 is 0 Å². The van der Waals surface area contributed by atoms with Crippen molar-refractivity contribution in [1.82, 2.24) is 14.7 Å². The molecule has 3 heterocycles. The summed E-state index contributed by atoms with van der Waals surface area (Å²) in [6, 6.07) is 10.0. The number of halogens is 1. The molecule has 1 aromatic carbocycles. The first-order valence-electron chi connectivity index (χ1n) is 10.6. The highest BCUT2D eigenvalue weighted by atomic mass is 32.1. The summed E-state index contributed by atoms with van der Waals surface area (Å²) in [7, 11) is 0. The summed E-state index contributed by atoms with van der Waals surface area (Å²) in [6.07, 6.45) is 2.66. The number of likely N-dealkylation sites (tertiary alicyclic amines) is 1. The SMILES string of the molecule is C[C@@H]1CN(Cc2ccc(F)cc2)CCN1C(=O)[C@H]1CCCCN1C(=O)c1cccs1. The summed E-state index contributed by atoms with van der Waals surface area (Å²) < 4.78 is 13.1. The van der Waals surface area contributed by atoms with Gasteiger partial charge in [0.2, 0.25) is 5.91 Å². The fourth-order valence-corrected chi connectivity index (χ4v) is 5.20. The normalized spacial score (nSPS) is 22.9. The van der Waals surface area contributed by atoms with Gasteiger partial charge in [-0.2, -0.15) is 0 Å². The maximum atomic E-state index is 13.4. The first kappa shape index (κ1) is 21.0. The van der Waals surface area contributed by atoms with Gasteiger partial charge in [0, 0.05) is 38.8 Å². The average molecular weight is 430 g/mol. The second-order valence-electron chi connectivity index (χ2n) is 8.23. The number of hydrogen-bond acceptors (Lipinski definition) is 4. The standard InChI is InChI=1S/C23H28FN3O2S/c1-17-15-25(16-18-7-9-19(24)10-8-18)12-13-26(17)22(28)20-5-2-3-11-27(20)23(29)21-6-4-14-30-21/h4,6-10,14,17,20H,2-3,5,11-13,15-16H2,1H3/t17-,20-/m1/s1. The maximum Gasteiger partial charge on any atom is 0.264 e. The summed E-state index contributed by atoms with van der Waals surface area (Å²) >= 11 is 1.43. The highest BCUT2D eigenvalue weighted by Gasteiger charge is 2.38. The fraction of sp³-hybridized carbons (Fsp3) is 0.478. The molecule has 0 bridgehead atoms. The lowest BCUT2D eigenvalue weighted by Crippen LogP contribution is -2.60. The largest absolute Gasteiger partial charge is 0.336 e. The van der Waals surface area contributed by atoms with E-state index >= 15 is 0 Å². The van der Waals surface area contributed by atoms with Crippen LogP contribution in [0.15, 0.2) is 41.8 Å². The van der Waals surface area contributed by atoms with Crippen LogP contribution in [0, 0.1) is 5.82 Å². The molecule has 0 radical (unpaired) electrons. The monoisotopic (exact) mass is 429 g/mol. The quantitative estimate of drug-likeness (QED) is 0.746. The summed E-state index contributed by atoms with van der Waals surface area (Å²) in [4.78, 5) is 33.1. The molecule has 2 atom stereocenters. The van der Waals surface area contributed by atoms with E-state index in [4.69, 9.17) is 0 Å². The number of carbonyl (C=O) groups excluding carboxylic acids is 2. The third-order valence-corrected chi connectivity index (χ3v) is 6.95. The number of rotatable bonds is 4. The van der Waals surface area contributed by atoms with Crippen LogP contribution < -0.4 is 0 Å². The van der Waals surface area contributed by atoms with E-state index in [2.05, 4.69) is 11.8 Å². The summed E-state index contributed by atoms with van der Waals surface area (Å²) in [5.74, 6) is -0.171. The number of piperazine rings is 1. The molecule has 0 N–H and O–H groups in total. The molecule has 2 amide bonds. The van der Waals surface area contributed by atoms with Gasteiger partial charge in [0.25, 0.3) is 5.91 Å². The predicted octanol–water partition coefficient (Wildman–Crippen LogP) is 3.61. The molecule has 2 aromatic rings. The molecule has 5 nitrogen and oxygen atoms in total. The molecule has 7 heteroatoms. The lowest BCUT2D eigenvalue weighted by molar-refractivity contribution is -0.141. The molecule has 0 spiro atoms. The molecule has 4 rings (SSSR count). The van der Waals surface area contributed by atoms with Crippen LogP contribution in [-0.2, 0) is 11.3 Å². The smallest absolute Gasteiger partial charge is 0.264 e. The van der Waals surface area contributed by atoms with Gasteiger partial charge in [-0.15, -0.1) is 11.3 Å². The third-order valence-electron chi connectivity index (χ3n) is 6.09. The Labute approximate surface area is 181 Å². The predicted molar refractivity (Wildman–Crippen MR) is 116 cm³/mol. The van der Waals surface area contributed by atoms with Crippen LogP contribution in [-0.4, -0.2) is 64.8 Å². The molecule has 0 unspecified atom stereocenters. The van der Waals surface area contributed by atoms with Crippen LogP contribution in [0.5, 0.6) is 0 Å². The van der Waals surface area contributed by atoms with E-state index in [1.807, 2.05) is 34.5 Å². The lowest BCUT2D eigenvalue weighted by Gasteiger charge is -2.44. The minimum atomic E-state index is -0.362. The van der Waals surface area contributed by atoms with Crippen molar-refractivity contribution < 1.29 is 14.0 Å². The summed E-state index contributed by atoms with van der Waals surface area (Å²) in [6.45, 7) is 5.67. The van der Waals surface area contributed by atoms with Crippen LogP contribution >= 0.6 is 11.3 Å². The van der Waals surface area contributed by atoms with E-state index in [0.717, 1.165) is 44.5 Å². The van der Waals surface area contributed by atoms with Crippen LogP contribution in [0.2, 0.25) is 0 Å². The minimum Gasteiger partial charge on any atom is -0.336 e. The number of piperidine rings is 1. The minimum absolute atomic E-state index is 0.0225. The molecule has 0 aliphatic carbocycles. The maximum absolute atomic E-state index is 13.4. The van der Waals surface area contributed by atoms with E-state index in [1.165, 1.54) is 23.5 Å². The Balaban J connectivity index is 1.40. The lowest BCUT2D eigenvalue weighted by atomic mass is 9.99. The molecule has 2 fully saturated rings. The summed E-state index contributed by atoms with van der Waals surface area (Å²) in [5, 5.41) is 1.90. The number of thiophene rings is 1. The van der Waals surface area contributed by atoms with E-state index < -0.39 is 0 Å². The zero-order valence-corrected chi connectivity index (χ0v) is 18.1. The number of amides is 2. The van der Waals surface area contributed by atoms with Crippen molar-refractivity contribution in [3.63, 3.8) is 0 Å². The fourth-order valence-electron chi connectivity index (χ4n) is 4.52. The van der Waals surface area contributed by atoms with Gasteiger partial charge in [-0.25, -0.2) is 4.39 Å². The Morgan fingerprint density at radius 3 is 2.57 bits per heavy atom. The van der Waals surface area contributed by atoms with Gasteiger partial charge in [-0.1, -0.05) is 18.2 Å². The van der Waals surface area contributed by atoms with Gasteiger partial charge < -0.3 is 9.80 Å². The zero-order valence-electron chi connectivity index (χ0n) is 17.3. The molecular formula is C23H28FN3O2S. The second-order valence-corrected chi connectivity index (χ2v) is 9.18. The van der Waals surface area contributed by atoms with Gasteiger partial charge in [-0.3, -0.25) is 14.5 Å². The van der Waals surface area contributed by atoms with Crippen molar-refractivity contribution in [2.75, 3.05) is 26.2 Å². The van der Waals surface area contributed by atoms with Crippen molar-refractivity contribution >= 4 is 23.2 Å². The summed E-state index contributed by atoms with van der Waals surface area (Å²) in [5.41, 5.74) is 1.07. The first-order chi connectivity index (χ1) is 14.5. The molecule has 2 saturated heterocycles. The number of hydrogen-bond donors (Lipinski definition) is 0. The van der Waals surface area contributed by atoms with E-state index in [9.17, 15) is 14.0 Å².